The largest absolute Gasteiger partial charge is 0.464 e. The van der Waals surface area contributed by atoms with Gasteiger partial charge in [-0.15, -0.1) is 0 Å². The molecule has 1 aliphatic rings. The smallest absolute Gasteiger partial charge is 0.420 e. The van der Waals surface area contributed by atoms with Gasteiger partial charge >= 0.3 is 18.2 Å². The fraction of sp³-hybridized carbons (Fsp3) is 0.476. The third-order valence-corrected chi connectivity index (χ3v) is 4.33. The Kier molecular flexibility index (Phi) is 6.83. The highest BCUT2D eigenvalue weighted by Crippen LogP contribution is 2.44. The Labute approximate surface area is 165 Å². The number of benzene rings is 1. The number of hydrogen-bond acceptors (Lipinski definition) is 6. The molecule has 2 amide bonds. The van der Waals surface area contributed by atoms with Crippen LogP contribution in [-0.4, -0.2) is 47.4 Å². The Hall–Kier alpha value is -2.83. The first-order valence-corrected chi connectivity index (χ1v) is 9.28. The number of carbonyl (C=O) groups is 3. The number of esters is 1. The second-order valence-electron chi connectivity index (χ2n) is 7.24. The van der Waals surface area contributed by atoms with Gasteiger partial charge in [-0.3, -0.25) is 0 Å². The van der Waals surface area contributed by atoms with E-state index in [-0.39, 0.29) is 13.2 Å². The van der Waals surface area contributed by atoms with Gasteiger partial charge in [-0.1, -0.05) is 43.0 Å². The molecule has 7 nitrogen and oxygen atoms in total. The van der Waals surface area contributed by atoms with E-state index >= 15 is 0 Å². The molecule has 1 aromatic carbocycles. The van der Waals surface area contributed by atoms with E-state index in [0.717, 1.165) is 10.5 Å². The van der Waals surface area contributed by atoms with Gasteiger partial charge in [-0.05, 0) is 39.2 Å². The number of hydrogen-bond donors (Lipinski definition) is 0. The van der Waals surface area contributed by atoms with E-state index in [1.54, 1.807) is 20.8 Å². The van der Waals surface area contributed by atoms with Gasteiger partial charge in [0.25, 0.3) is 0 Å². The Morgan fingerprint density at radius 2 is 1.79 bits per heavy atom. The van der Waals surface area contributed by atoms with Crippen LogP contribution in [0, 0.1) is 0 Å². The Morgan fingerprint density at radius 1 is 1.14 bits per heavy atom. The average molecular weight is 389 g/mol. The second-order valence-corrected chi connectivity index (χ2v) is 7.24. The second kappa shape index (κ2) is 8.91. The molecule has 0 atom stereocenters. The lowest BCUT2D eigenvalue weighted by atomic mass is 9.98. The normalized spacial score (nSPS) is 14.5. The standard InChI is InChI=1S/C21H27NO6/c1-5-14-27-18(24)22(21(12-13-21)17(23)26-6-2)19(25)28-20(3,4)15-16-10-8-7-9-11-16/h5,7-11H,1,6,12-15H2,2-4H3. The molecule has 1 saturated carbocycles. The number of ether oxygens (including phenoxy) is 3. The molecular weight excluding hydrogens is 362 g/mol. The molecule has 0 bridgehead atoms. The van der Waals surface area contributed by atoms with Gasteiger partial charge in [0.2, 0.25) is 0 Å². The van der Waals surface area contributed by atoms with Crippen LogP contribution in [0.3, 0.4) is 0 Å². The molecule has 0 saturated heterocycles. The summed E-state index contributed by atoms with van der Waals surface area (Å²) in [6.45, 7) is 8.69. The fourth-order valence-corrected chi connectivity index (χ4v) is 2.93. The third-order valence-electron chi connectivity index (χ3n) is 4.33. The first kappa shape index (κ1) is 21.5. The summed E-state index contributed by atoms with van der Waals surface area (Å²) in [6.07, 6.45) is 0.560. The van der Waals surface area contributed by atoms with E-state index in [1.807, 2.05) is 30.3 Å². The Morgan fingerprint density at radius 3 is 2.32 bits per heavy atom. The lowest BCUT2D eigenvalue weighted by molar-refractivity contribution is -0.150. The lowest BCUT2D eigenvalue weighted by Gasteiger charge is -2.32. The van der Waals surface area contributed by atoms with Crippen molar-refractivity contribution < 1.29 is 28.6 Å². The molecule has 0 radical (unpaired) electrons. The predicted molar refractivity (Wildman–Crippen MR) is 103 cm³/mol. The van der Waals surface area contributed by atoms with Crippen LogP contribution < -0.4 is 0 Å². The van der Waals surface area contributed by atoms with Crippen LogP contribution in [0.5, 0.6) is 0 Å². The van der Waals surface area contributed by atoms with Crippen LogP contribution in [0.15, 0.2) is 43.0 Å². The summed E-state index contributed by atoms with van der Waals surface area (Å²) in [4.78, 5) is 38.6. The molecule has 0 heterocycles. The first-order chi connectivity index (χ1) is 13.3. The van der Waals surface area contributed by atoms with E-state index < -0.39 is 29.3 Å². The molecule has 0 aliphatic heterocycles. The molecule has 1 aliphatic carbocycles. The monoisotopic (exact) mass is 389 g/mol. The van der Waals surface area contributed by atoms with Crippen molar-refractivity contribution in [2.45, 2.75) is 51.2 Å². The molecule has 0 spiro atoms. The van der Waals surface area contributed by atoms with Gasteiger partial charge in [0.1, 0.15) is 12.2 Å². The Bertz CT molecular complexity index is 724. The summed E-state index contributed by atoms with van der Waals surface area (Å²) >= 11 is 0. The van der Waals surface area contributed by atoms with Crippen molar-refractivity contribution in [2.24, 2.45) is 0 Å². The van der Waals surface area contributed by atoms with E-state index in [0.29, 0.717) is 19.3 Å². The SMILES string of the molecule is C=CCOC(=O)N(C(=O)OC(C)(C)Cc1ccccc1)C1(C(=O)OCC)CC1. The van der Waals surface area contributed by atoms with Crippen molar-refractivity contribution >= 4 is 18.2 Å². The zero-order valence-corrected chi connectivity index (χ0v) is 16.6. The van der Waals surface area contributed by atoms with Crippen molar-refractivity contribution in [1.82, 2.24) is 4.90 Å². The molecule has 0 unspecified atom stereocenters. The summed E-state index contributed by atoms with van der Waals surface area (Å²) in [6, 6.07) is 9.54. The van der Waals surface area contributed by atoms with Gasteiger partial charge in [0.05, 0.1) is 6.61 Å². The molecule has 1 aromatic rings. The van der Waals surface area contributed by atoms with Crippen LogP contribution in [0.25, 0.3) is 0 Å². The van der Waals surface area contributed by atoms with Crippen LogP contribution in [-0.2, 0) is 25.4 Å². The van der Waals surface area contributed by atoms with Gasteiger partial charge in [0, 0.05) is 6.42 Å². The van der Waals surface area contributed by atoms with Crippen LogP contribution in [0.1, 0.15) is 39.2 Å². The van der Waals surface area contributed by atoms with Crippen molar-refractivity contribution in [3.8, 4) is 0 Å². The Balaban J connectivity index is 2.20. The molecule has 28 heavy (non-hydrogen) atoms. The van der Waals surface area contributed by atoms with Gasteiger partial charge < -0.3 is 14.2 Å². The van der Waals surface area contributed by atoms with E-state index in [2.05, 4.69) is 6.58 Å². The van der Waals surface area contributed by atoms with E-state index in [1.165, 1.54) is 6.08 Å². The third kappa shape index (κ3) is 5.12. The maximum atomic E-state index is 12.9. The predicted octanol–water partition coefficient (Wildman–Crippen LogP) is 3.86. The van der Waals surface area contributed by atoms with Crippen LogP contribution in [0.2, 0.25) is 0 Å². The maximum Gasteiger partial charge on any atom is 0.420 e. The number of carbonyl (C=O) groups excluding carboxylic acids is 3. The van der Waals surface area contributed by atoms with Crippen LogP contribution in [0.4, 0.5) is 9.59 Å². The maximum absolute atomic E-state index is 12.9. The highest BCUT2D eigenvalue weighted by atomic mass is 16.6. The van der Waals surface area contributed by atoms with Crippen LogP contribution >= 0.6 is 0 Å². The minimum atomic E-state index is -1.37. The summed E-state index contributed by atoms with van der Waals surface area (Å²) in [5.74, 6) is -0.636. The molecule has 0 aromatic heterocycles. The van der Waals surface area contributed by atoms with Gasteiger partial charge in [-0.2, -0.15) is 4.90 Å². The molecular formula is C21H27NO6. The highest BCUT2D eigenvalue weighted by Gasteiger charge is 2.62. The number of amides is 2. The lowest BCUT2D eigenvalue weighted by Crippen LogP contribution is -2.53. The van der Waals surface area contributed by atoms with E-state index in [9.17, 15) is 14.4 Å². The topological polar surface area (TPSA) is 82.1 Å². The zero-order valence-electron chi connectivity index (χ0n) is 16.6. The molecule has 152 valence electrons. The van der Waals surface area contributed by atoms with Crippen molar-refractivity contribution in [1.29, 1.82) is 0 Å². The summed E-state index contributed by atoms with van der Waals surface area (Å²) in [5.41, 5.74) is -1.29. The van der Waals surface area contributed by atoms with Gasteiger partial charge in [0.15, 0.2) is 5.54 Å². The van der Waals surface area contributed by atoms with Crippen molar-refractivity contribution in [3.63, 3.8) is 0 Å². The van der Waals surface area contributed by atoms with Crippen molar-refractivity contribution in [2.75, 3.05) is 13.2 Å². The molecule has 7 heteroatoms. The van der Waals surface area contributed by atoms with Gasteiger partial charge in [-0.25, -0.2) is 14.4 Å². The quantitative estimate of drug-likeness (QED) is 0.381. The molecule has 0 N–H and O–H groups in total. The van der Waals surface area contributed by atoms with Crippen molar-refractivity contribution in [3.05, 3.63) is 48.6 Å². The molecule has 2 rings (SSSR count). The average Bonchev–Trinajstić information content (AvgIpc) is 3.41. The number of nitrogens with zero attached hydrogens (tertiary/aromatic N) is 1. The minimum absolute atomic E-state index is 0.0884. The fourth-order valence-electron chi connectivity index (χ4n) is 2.93. The van der Waals surface area contributed by atoms with E-state index in [4.69, 9.17) is 14.2 Å². The molecule has 1 fully saturated rings. The zero-order chi connectivity index (χ0) is 20.8. The highest BCUT2D eigenvalue weighted by molar-refractivity contribution is 5.98. The first-order valence-electron chi connectivity index (χ1n) is 9.28. The summed E-state index contributed by atoms with van der Waals surface area (Å²) in [7, 11) is 0. The summed E-state index contributed by atoms with van der Waals surface area (Å²) in [5, 5.41) is 0. The minimum Gasteiger partial charge on any atom is -0.464 e. The number of imide groups is 1. The number of rotatable bonds is 8. The summed E-state index contributed by atoms with van der Waals surface area (Å²) < 4.78 is 15.7.